The maximum Gasteiger partial charge on any atom is 0.263 e. The van der Waals surface area contributed by atoms with Crippen LogP contribution in [0.15, 0.2) is 58.4 Å². The van der Waals surface area contributed by atoms with Gasteiger partial charge in [-0.25, -0.2) is 8.42 Å². The number of amides is 1. The van der Waals surface area contributed by atoms with E-state index in [4.69, 9.17) is 0 Å². The van der Waals surface area contributed by atoms with Crippen molar-refractivity contribution in [2.45, 2.75) is 57.5 Å². The minimum absolute atomic E-state index is 0.0647. The van der Waals surface area contributed by atoms with Crippen LogP contribution in [0.25, 0.3) is 0 Å². The third-order valence-electron chi connectivity index (χ3n) is 6.75. The van der Waals surface area contributed by atoms with Crippen molar-refractivity contribution < 1.29 is 13.2 Å². The first-order chi connectivity index (χ1) is 16.3. The molecule has 2 heterocycles. The van der Waals surface area contributed by atoms with Gasteiger partial charge in [-0.2, -0.15) is 0 Å². The zero-order chi connectivity index (χ0) is 24.3. The second kappa shape index (κ2) is 10.3. The minimum Gasteiger partial charge on any atom is -0.324 e. The molecule has 2 aliphatic heterocycles. The molecule has 2 aliphatic rings. The summed E-state index contributed by atoms with van der Waals surface area (Å²) in [5.41, 5.74) is 2.43. The Morgan fingerprint density at radius 3 is 2.65 bits per heavy atom. The second-order valence-corrected chi connectivity index (χ2v) is 11.2. The number of carbonyl (C=O) groups is 1. The van der Waals surface area contributed by atoms with E-state index in [9.17, 15) is 13.2 Å². The Hall–Kier alpha value is -2.71. The minimum atomic E-state index is -3.65. The Labute approximate surface area is 202 Å². The lowest BCUT2D eigenvalue weighted by Crippen LogP contribution is -2.35. The highest BCUT2D eigenvalue weighted by molar-refractivity contribution is 7.90. The predicted octanol–water partition coefficient (Wildman–Crippen LogP) is 4.01. The Balaban J connectivity index is 1.48. The molecular weight excluding hydrogens is 448 g/mol. The molecule has 182 valence electrons. The Kier molecular flexibility index (Phi) is 7.38. The summed E-state index contributed by atoms with van der Waals surface area (Å²) in [5.74, 6) is 0.651. The number of hydrogen-bond donors (Lipinski definition) is 2. The van der Waals surface area contributed by atoms with Crippen molar-refractivity contribution in [3.05, 3.63) is 59.7 Å². The normalized spacial score (nSPS) is 22.6. The van der Waals surface area contributed by atoms with E-state index in [0.29, 0.717) is 11.3 Å². The van der Waals surface area contributed by atoms with Gasteiger partial charge in [0, 0.05) is 24.3 Å². The summed E-state index contributed by atoms with van der Waals surface area (Å²) >= 11 is 0. The number of nitrogens with zero attached hydrogens (tertiary/aromatic N) is 2. The Morgan fingerprint density at radius 2 is 1.94 bits per heavy atom. The van der Waals surface area contributed by atoms with E-state index in [1.54, 1.807) is 24.3 Å². The van der Waals surface area contributed by atoms with Crippen molar-refractivity contribution in [3.63, 3.8) is 0 Å². The fraction of sp³-hybridized carbons (Fsp3) is 0.462. The molecule has 0 spiro atoms. The topological polar surface area (TPSA) is 90.9 Å². The van der Waals surface area contributed by atoms with E-state index in [2.05, 4.69) is 39.0 Å². The van der Waals surface area contributed by atoms with Gasteiger partial charge in [0.15, 0.2) is 0 Å². The fourth-order valence-corrected chi connectivity index (χ4v) is 5.87. The molecule has 1 fully saturated rings. The molecule has 4 rings (SSSR count). The molecule has 0 aliphatic carbocycles. The molecule has 1 amide bonds. The van der Waals surface area contributed by atoms with Crippen LogP contribution in [0.5, 0.6) is 0 Å². The third kappa shape index (κ3) is 5.50. The molecule has 3 atom stereocenters. The number of anilines is 1. The molecule has 34 heavy (non-hydrogen) atoms. The smallest absolute Gasteiger partial charge is 0.263 e. The highest BCUT2D eigenvalue weighted by Gasteiger charge is 2.33. The third-order valence-corrected chi connectivity index (χ3v) is 8.15. The van der Waals surface area contributed by atoms with Crippen LogP contribution in [0.1, 0.15) is 51.2 Å². The number of sulfonamides is 1. The van der Waals surface area contributed by atoms with Gasteiger partial charge in [-0.1, -0.05) is 51.5 Å². The molecule has 0 aromatic heterocycles. The highest BCUT2D eigenvalue weighted by Crippen LogP contribution is 2.25. The number of fused-ring (bicyclic) bond motifs is 1. The molecule has 8 heteroatoms. The van der Waals surface area contributed by atoms with Gasteiger partial charge in [0.05, 0.1) is 4.90 Å². The van der Waals surface area contributed by atoms with Crippen LogP contribution in [0, 0.1) is 11.8 Å². The monoisotopic (exact) mass is 482 g/mol. The number of benzene rings is 2. The molecule has 0 bridgehead atoms. The summed E-state index contributed by atoms with van der Waals surface area (Å²) in [4.78, 5) is 20.5. The summed E-state index contributed by atoms with van der Waals surface area (Å²) in [6, 6.07) is 13.9. The Morgan fingerprint density at radius 1 is 1.21 bits per heavy atom. The van der Waals surface area contributed by atoms with Crippen molar-refractivity contribution in [1.82, 2.24) is 9.62 Å². The van der Waals surface area contributed by atoms with E-state index in [1.807, 2.05) is 26.0 Å². The van der Waals surface area contributed by atoms with E-state index >= 15 is 0 Å². The average Bonchev–Trinajstić information content (AvgIpc) is 3.08. The standard InChI is InChI=1S/C26H34N4O3S/c1-4-19(3)24(28-25-22-9-5-6-10-23(22)34(32,33)29-25)26(31)27-21-13-11-20(12-14-21)17-30-15-7-8-18(2)16-30/h5-6,9-14,18-19,24H,4,7-8,15-17H2,1-3H3,(H,27,31)(H,28,29)/t18?,19-,24-/m0/s1. The Bertz CT molecular complexity index is 1160. The van der Waals surface area contributed by atoms with Crippen molar-refractivity contribution in [1.29, 1.82) is 0 Å². The van der Waals surface area contributed by atoms with Crippen molar-refractivity contribution >= 4 is 27.5 Å². The number of amidine groups is 1. The summed E-state index contributed by atoms with van der Waals surface area (Å²) in [6.07, 6.45) is 3.28. The van der Waals surface area contributed by atoms with Gasteiger partial charge in [0.1, 0.15) is 11.9 Å². The van der Waals surface area contributed by atoms with Crippen LogP contribution in [-0.4, -0.2) is 44.2 Å². The van der Waals surface area contributed by atoms with Gasteiger partial charge in [-0.05, 0) is 61.1 Å². The molecule has 0 radical (unpaired) electrons. The lowest BCUT2D eigenvalue weighted by molar-refractivity contribution is -0.118. The predicted molar refractivity (Wildman–Crippen MR) is 135 cm³/mol. The van der Waals surface area contributed by atoms with Crippen LogP contribution in [0.2, 0.25) is 0 Å². The molecule has 1 saturated heterocycles. The number of aliphatic imine (C=N–C) groups is 1. The molecule has 2 aromatic rings. The highest BCUT2D eigenvalue weighted by atomic mass is 32.2. The van der Waals surface area contributed by atoms with Gasteiger partial charge >= 0.3 is 0 Å². The number of carbonyl (C=O) groups excluding carboxylic acids is 1. The maximum absolute atomic E-state index is 13.2. The van der Waals surface area contributed by atoms with Crippen molar-refractivity contribution in [3.8, 4) is 0 Å². The first kappa shape index (κ1) is 24.4. The largest absolute Gasteiger partial charge is 0.324 e. The van der Waals surface area contributed by atoms with Crippen molar-refractivity contribution in [2.75, 3.05) is 18.4 Å². The SMILES string of the molecule is CC[C@H](C)[C@H](N=C1NS(=O)(=O)c2ccccc21)C(=O)Nc1ccc(CN2CCCC(C)C2)cc1. The number of nitrogens with one attached hydrogen (secondary N) is 2. The van der Waals surface area contributed by atoms with Crippen LogP contribution in [0.3, 0.4) is 0 Å². The van der Waals surface area contributed by atoms with Crippen LogP contribution >= 0.6 is 0 Å². The average molecular weight is 483 g/mol. The van der Waals surface area contributed by atoms with E-state index < -0.39 is 16.1 Å². The van der Waals surface area contributed by atoms with Crippen LogP contribution in [0.4, 0.5) is 5.69 Å². The second-order valence-electron chi connectivity index (χ2n) is 9.58. The van der Waals surface area contributed by atoms with Gasteiger partial charge in [0.2, 0.25) is 5.91 Å². The number of piperidine rings is 1. The molecule has 2 aromatic carbocycles. The molecule has 7 nitrogen and oxygen atoms in total. The molecule has 0 saturated carbocycles. The number of likely N-dealkylation sites (tertiary alicyclic amines) is 1. The first-order valence-corrected chi connectivity index (χ1v) is 13.6. The summed E-state index contributed by atoms with van der Waals surface area (Å²) in [7, 11) is -3.65. The molecule has 1 unspecified atom stereocenters. The lowest BCUT2D eigenvalue weighted by Gasteiger charge is -2.30. The maximum atomic E-state index is 13.2. The van der Waals surface area contributed by atoms with Crippen LogP contribution in [-0.2, 0) is 21.4 Å². The summed E-state index contributed by atoms with van der Waals surface area (Å²) in [5, 5.41) is 2.98. The van der Waals surface area contributed by atoms with Gasteiger partial charge in [-0.3, -0.25) is 19.4 Å². The summed E-state index contributed by atoms with van der Waals surface area (Å²) < 4.78 is 27.4. The zero-order valence-corrected chi connectivity index (χ0v) is 20.9. The van der Waals surface area contributed by atoms with E-state index in [-0.39, 0.29) is 22.6 Å². The first-order valence-electron chi connectivity index (χ1n) is 12.1. The van der Waals surface area contributed by atoms with E-state index in [1.165, 1.54) is 18.4 Å². The van der Waals surface area contributed by atoms with Gasteiger partial charge < -0.3 is 5.32 Å². The fourth-order valence-electron chi connectivity index (χ4n) is 4.63. The molecule has 2 N–H and O–H groups in total. The van der Waals surface area contributed by atoms with Gasteiger partial charge in [-0.15, -0.1) is 0 Å². The summed E-state index contributed by atoms with van der Waals surface area (Å²) in [6.45, 7) is 9.42. The number of hydrogen-bond acceptors (Lipinski definition) is 5. The lowest BCUT2D eigenvalue weighted by atomic mass is 9.98. The quantitative estimate of drug-likeness (QED) is 0.624. The number of rotatable bonds is 7. The van der Waals surface area contributed by atoms with Gasteiger partial charge in [0.25, 0.3) is 10.0 Å². The van der Waals surface area contributed by atoms with Crippen molar-refractivity contribution in [2.24, 2.45) is 16.8 Å². The zero-order valence-electron chi connectivity index (χ0n) is 20.1. The van der Waals surface area contributed by atoms with Crippen LogP contribution < -0.4 is 10.0 Å². The molecular formula is C26H34N4O3S. The van der Waals surface area contributed by atoms with E-state index in [0.717, 1.165) is 32.0 Å².